The van der Waals surface area contributed by atoms with Crippen LogP contribution < -0.4 is 5.32 Å². The molecular formula is C14H25N3O2S. The van der Waals surface area contributed by atoms with Crippen molar-refractivity contribution in [3.05, 3.63) is 24.0 Å². The van der Waals surface area contributed by atoms with Gasteiger partial charge in [-0.1, -0.05) is 0 Å². The predicted molar refractivity (Wildman–Crippen MR) is 81.0 cm³/mol. The Bertz CT molecular complexity index is 538. The van der Waals surface area contributed by atoms with Crippen LogP contribution in [0.1, 0.15) is 31.5 Å². The standard InChI is InChI=1S/C14H25N3O2S/c1-12(15-2)14-7-5-8-16(14)10-13-6-4-9-17(11-13)20(3,18)19/h5,7-8,12-13,15H,4,6,9-11H2,1-3H3. The van der Waals surface area contributed by atoms with E-state index in [-0.39, 0.29) is 0 Å². The molecular weight excluding hydrogens is 274 g/mol. The van der Waals surface area contributed by atoms with Gasteiger partial charge in [-0.15, -0.1) is 0 Å². The second-order valence-corrected chi connectivity index (χ2v) is 7.71. The fourth-order valence-corrected chi connectivity index (χ4v) is 3.83. The van der Waals surface area contributed by atoms with Crippen LogP contribution in [0.25, 0.3) is 0 Å². The van der Waals surface area contributed by atoms with E-state index in [0.29, 0.717) is 25.0 Å². The zero-order valence-electron chi connectivity index (χ0n) is 12.5. The van der Waals surface area contributed by atoms with E-state index in [1.807, 2.05) is 7.05 Å². The van der Waals surface area contributed by atoms with Gasteiger partial charge in [-0.3, -0.25) is 0 Å². The first-order valence-electron chi connectivity index (χ1n) is 7.19. The molecule has 0 spiro atoms. The number of rotatable bonds is 5. The summed E-state index contributed by atoms with van der Waals surface area (Å²) in [5.74, 6) is 0.397. The summed E-state index contributed by atoms with van der Waals surface area (Å²) in [5.41, 5.74) is 1.25. The molecule has 1 N–H and O–H groups in total. The lowest BCUT2D eigenvalue weighted by atomic mass is 9.99. The van der Waals surface area contributed by atoms with Gasteiger partial charge in [-0.25, -0.2) is 12.7 Å². The molecule has 5 nitrogen and oxygen atoms in total. The normalized spacial score (nSPS) is 22.9. The SMILES string of the molecule is CNC(C)c1cccn1CC1CCCN(S(C)(=O)=O)C1. The summed E-state index contributed by atoms with van der Waals surface area (Å²) in [6, 6.07) is 4.48. The van der Waals surface area contributed by atoms with Gasteiger partial charge in [0.15, 0.2) is 0 Å². The molecule has 20 heavy (non-hydrogen) atoms. The highest BCUT2D eigenvalue weighted by molar-refractivity contribution is 7.88. The van der Waals surface area contributed by atoms with Gasteiger partial charge in [0.05, 0.1) is 6.26 Å². The monoisotopic (exact) mass is 299 g/mol. The van der Waals surface area contributed by atoms with Crippen molar-refractivity contribution in [3.63, 3.8) is 0 Å². The van der Waals surface area contributed by atoms with Crippen molar-refractivity contribution >= 4 is 10.0 Å². The van der Waals surface area contributed by atoms with Gasteiger partial charge in [-0.05, 0) is 44.9 Å². The summed E-state index contributed by atoms with van der Waals surface area (Å²) in [6.45, 7) is 4.33. The second kappa shape index (κ2) is 6.28. The minimum Gasteiger partial charge on any atom is -0.350 e. The van der Waals surface area contributed by atoms with Crippen molar-refractivity contribution in [1.29, 1.82) is 0 Å². The van der Waals surface area contributed by atoms with E-state index in [4.69, 9.17) is 0 Å². The third kappa shape index (κ3) is 3.62. The number of hydrogen-bond acceptors (Lipinski definition) is 3. The van der Waals surface area contributed by atoms with E-state index in [2.05, 4.69) is 35.1 Å². The first-order valence-corrected chi connectivity index (χ1v) is 9.04. The van der Waals surface area contributed by atoms with Crippen LogP contribution >= 0.6 is 0 Å². The Balaban J connectivity index is 2.05. The molecule has 1 fully saturated rings. The Morgan fingerprint density at radius 1 is 1.50 bits per heavy atom. The largest absolute Gasteiger partial charge is 0.350 e. The summed E-state index contributed by atoms with van der Waals surface area (Å²) in [5, 5.41) is 3.25. The summed E-state index contributed by atoms with van der Waals surface area (Å²) in [4.78, 5) is 0. The molecule has 1 saturated heterocycles. The topological polar surface area (TPSA) is 54.3 Å². The van der Waals surface area contributed by atoms with Crippen LogP contribution in [-0.2, 0) is 16.6 Å². The summed E-state index contributed by atoms with van der Waals surface area (Å²) in [7, 11) is -1.10. The van der Waals surface area contributed by atoms with Crippen molar-refractivity contribution in [2.45, 2.75) is 32.4 Å². The third-order valence-electron chi connectivity index (χ3n) is 4.15. The Morgan fingerprint density at radius 3 is 2.90 bits per heavy atom. The van der Waals surface area contributed by atoms with E-state index >= 15 is 0 Å². The Hall–Kier alpha value is -0.850. The van der Waals surface area contributed by atoms with E-state index < -0.39 is 10.0 Å². The van der Waals surface area contributed by atoms with Gasteiger partial charge in [0.2, 0.25) is 10.0 Å². The van der Waals surface area contributed by atoms with Gasteiger partial charge in [-0.2, -0.15) is 0 Å². The van der Waals surface area contributed by atoms with Gasteiger partial charge in [0.25, 0.3) is 0 Å². The predicted octanol–water partition coefficient (Wildman–Crippen LogP) is 1.44. The molecule has 0 aromatic carbocycles. The lowest BCUT2D eigenvalue weighted by Crippen LogP contribution is -2.40. The summed E-state index contributed by atoms with van der Waals surface area (Å²) in [6.07, 6.45) is 5.44. The molecule has 2 rings (SSSR count). The Morgan fingerprint density at radius 2 is 2.25 bits per heavy atom. The van der Waals surface area contributed by atoms with Gasteiger partial charge < -0.3 is 9.88 Å². The van der Waals surface area contributed by atoms with E-state index in [9.17, 15) is 8.42 Å². The molecule has 1 aliphatic heterocycles. The fraction of sp³-hybridized carbons (Fsp3) is 0.714. The quantitative estimate of drug-likeness (QED) is 0.895. The minimum atomic E-state index is -3.06. The molecule has 0 radical (unpaired) electrons. The number of piperidine rings is 1. The minimum absolute atomic E-state index is 0.305. The molecule has 1 aliphatic rings. The molecule has 2 heterocycles. The molecule has 114 valence electrons. The van der Waals surface area contributed by atoms with Crippen LogP contribution in [0.15, 0.2) is 18.3 Å². The molecule has 0 bridgehead atoms. The van der Waals surface area contributed by atoms with Crippen LogP contribution in [0.4, 0.5) is 0 Å². The Labute approximate surface area is 122 Å². The lowest BCUT2D eigenvalue weighted by molar-refractivity contribution is 0.244. The number of sulfonamides is 1. The average molecular weight is 299 g/mol. The first kappa shape index (κ1) is 15.5. The highest BCUT2D eigenvalue weighted by Gasteiger charge is 2.26. The van der Waals surface area contributed by atoms with Crippen LogP contribution in [0.3, 0.4) is 0 Å². The van der Waals surface area contributed by atoms with Crippen molar-refractivity contribution in [2.75, 3.05) is 26.4 Å². The molecule has 0 aliphatic carbocycles. The fourth-order valence-electron chi connectivity index (χ4n) is 2.89. The maximum absolute atomic E-state index is 11.7. The van der Waals surface area contributed by atoms with E-state index in [1.165, 1.54) is 11.9 Å². The average Bonchev–Trinajstić information content (AvgIpc) is 2.85. The van der Waals surface area contributed by atoms with Crippen LogP contribution in [0.2, 0.25) is 0 Å². The summed E-state index contributed by atoms with van der Waals surface area (Å²) >= 11 is 0. The van der Waals surface area contributed by atoms with Crippen molar-refractivity contribution in [2.24, 2.45) is 5.92 Å². The van der Waals surface area contributed by atoms with Crippen LogP contribution in [-0.4, -0.2) is 43.7 Å². The van der Waals surface area contributed by atoms with Gasteiger partial charge in [0, 0.05) is 37.6 Å². The lowest BCUT2D eigenvalue weighted by Gasteiger charge is -2.31. The second-order valence-electron chi connectivity index (χ2n) is 5.73. The summed E-state index contributed by atoms with van der Waals surface area (Å²) < 4.78 is 27.2. The van der Waals surface area contributed by atoms with Gasteiger partial charge >= 0.3 is 0 Å². The molecule has 6 heteroatoms. The first-order chi connectivity index (χ1) is 9.41. The smallest absolute Gasteiger partial charge is 0.211 e. The number of aromatic nitrogens is 1. The molecule has 0 amide bonds. The molecule has 2 atom stereocenters. The van der Waals surface area contributed by atoms with Gasteiger partial charge in [0.1, 0.15) is 0 Å². The maximum Gasteiger partial charge on any atom is 0.211 e. The van der Waals surface area contributed by atoms with Crippen molar-refractivity contribution < 1.29 is 8.42 Å². The van der Waals surface area contributed by atoms with E-state index in [1.54, 1.807) is 4.31 Å². The molecule has 2 unspecified atom stereocenters. The van der Waals surface area contributed by atoms with Crippen LogP contribution in [0, 0.1) is 5.92 Å². The van der Waals surface area contributed by atoms with E-state index in [0.717, 1.165) is 19.4 Å². The highest BCUT2D eigenvalue weighted by atomic mass is 32.2. The molecule has 1 aromatic rings. The zero-order chi connectivity index (χ0) is 14.8. The third-order valence-corrected chi connectivity index (χ3v) is 5.42. The maximum atomic E-state index is 11.7. The molecule has 0 saturated carbocycles. The number of nitrogens with one attached hydrogen (secondary N) is 1. The Kier molecular flexibility index (Phi) is 4.88. The zero-order valence-corrected chi connectivity index (χ0v) is 13.4. The molecule has 1 aromatic heterocycles. The number of hydrogen-bond donors (Lipinski definition) is 1. The van der Waals surface area contributed by atoms with Crippen molar-refractivity contribution in [3.8, 4) is 0 Å². The highest BCUT2D eigenvalue weighted by Crippen LogP contribution is 2.22. The van der Waals surface area contributed by atoms with Crippen LogP contribution in [0.5, 0.6) is 0 Å². The van der Waals surface area contributed by atoms with Crippen molar-refractivity contribution in [1.82, 2.24) is 14.2 Å². The number of nitrogens with zero attached hydrogens (tertiary/aromatic N) is 2.